The molecule has 1 atom stereocenters. The predicted molar refractivity (Wildman–Crippen MR) is 164 cm³/mol. The topological polar surface area (TPSA) is 89.5 Å². The quantitative estimate of drug-likeness (QED) is 0.328. The molecule has 0 spiro atoms. The van der Waals surface area contributed by atoms with Gasteiger partial charge < -0.3 is 23.7 Å². The summed E-state index contributed by atoms with van der Waals surface area (Å²) in [5.74, 6) is 1.79. The molecule has 6 rings (SSSR count). The number of rotatable bonds is 7. The number of amides is 1. The van der Waals surface area contributed by atoms with E-state index in [1.807, 2.05) is 69.3 Å². The van der Waals surface area contributed by atoms with Gasteiger partial charge in [-0.05, 0) is 43.7 Å². The van der Waals surface area contributed by atoms with Crippen molar-refractivity contribution in [3.63, 3.8) is 0 Å². The normalized spacial score (nSPS) is 17.4. The van der Waals surface area contributed by atoms with Crippen LogP contribution in [0.3, 0.4) is 0 Å². The molecule has 10 heteroatoms. The van der Waals surface area contributed by atoms with Gasteiger partial charge in [-0.15, -0.1) is 0 Å². The zero-order valence-electron chi connectivity index (χ0n) is 24.3. The Morgan fingerprint density at radius 1 is 1.12 bits per heavy atom. The van der Waals surface area contributed by atoms with Crippen LogP contribution < -0.4 is 24.5 Å². The minimum Gasteiger partial charge on any atom is -0.496 e. The summed E-state index contributed by atoms with van der Waals surface area (Å²) in [6, 6.07) is 14.9. The number of methoxy groups -OCH3 is 1. The highest BCUT2D eigenvalue weighted by molar-refractivity contribution is 7.07. The lowest BCUT2D eigenvalue weighted by Crippen LogP contribution is -2.43. The first kappa shape index (κ1) is 28.0. The number of carbonyl (C=O) groups excluding carboxylic acids is 1. The van der Waals surface area contributed by atoms with Crippen LogP contribution in [0.2, 0.25) is 0 Å². The van der Waals surface area contributed by atoms with Crippen molar-refractivity contribution in [2.45, 2.75) is 26.8 Å². The van der Waals surface area contributed by atoms with Crippen LogP contribution in [0.15, 0.2) is 74.0 Å². The summed E-state index contributed by atoms with van der Waals surface area (Å²) in [7, 11) is 1.61. The summed E-state index contributed by atoms with van der Waals surface area (Å²) in [6.07, 6.45) is 1.76. The molecular formula is C32H34N4O5S. The van der Waals surface area contributed by atoms with Crippen molar-refractivity contribution in [1.29, 1.82) is 0 Å². The zero-order chi connectivity index (χ0) is 29.4. The minimum atomic E-state index is -0.724. The second-order valence-electron chi connectivity index (χ2n) is 10.2. The van der Waals surface area contributed by atoms with E-state index in [0.717, 1.165) is 35.3 Å². The number of anilines is 1. The van der Waals surface area contributed by atoms with E-state index in [1.54, 1.807) is 22.7 Å². The SMILES string of the molecule is CCN(CC)C(=O)C1=C(C)N=c2s/c(=C/c3ccc(N4CCOCC4)o3)c(=O)n2[C@H]1c1c(OC)ccc2ccccc12. The van der Waals surface area contributed by atoms with Gasteiger partial charge in [0, 0.05) is 43.9 Å². The van der Waals surface area contributed by atoms with Gasteiger partial charge in [0.2, 0.25) is 0 Å². The minimum absolute atomic E-state index is 0.142. The molecule has 1 fully saturated rings. The van der Waals surface area contributed by atoms with E-state index in [2.05, 4.69) is 4.90 Å². The first-order chi connectivity index (χ1) is 20.4. The summed E-state index contributed by atoms with van der Waals surface area (Å²) in [5, 5.41) is 1.91. The molecule has 4 heterocycles. The van der Waals surface area contributed by atoms with Crippen LogP contribution in [0.5, 0.6) is 5.75 Å². The highest BCUT2D eigenvalue weighted by Crippen LogP contribution is 2.40. The maximum Gasteiger partial charge on any atom is 0.271 e. The number of benzene rings is 2. The van der Waals surface area contributed by atoms with Crippen LogP contribution in [0, 0.1) is 0 Å². The van der Waals surface area contributed by atoms with Crippen molar-refractivity contribution in [2.75, 3.05) is 51.4 Å². The number of allylic oxidation sites excluding steroid dienone is 1. The third-order valence-corrected chi connectivity index (χ3v) is 8.92. The lowest BCUT2D eigenvalue weighted by atomic mass is 9.90. The Balaban J connectivity index is 1.56. The second kappa shape index (κ2) is 11.6. The number of morpholine rings is 1. The number of aromatic nitrogens is 1. The first-order valence-corrected chi connectivity index (χ1v) is 15.1. The maximum atomic E-state index is 14.3. The molecule has 0 unspecified atom stereocenters. The molecule has 42 heavy (non-hydrogen) atoms. The Hall–Kier alpha value is -4.15. The molecule has 0 N–H and O–H groups in total. The van der Waals surface area contributed by atoms with E-state index in [-0.39, 0.29) is 11.5 Å². The van der Waals surface area contributed by atoms with Crippen molar-refractivity contribution >= 4 is 40.0 Å². The lowest BCUT2D eigenvalue weighted by Gasteiger charge is -2.30. The van der Waals surface area contributed by atoms with Gasteiger partial charge in [0.25, 0.3) is 11.5 Å². The van der Waals surface area contributed by atoms with Crippen molar-refractivity contribution < 1.29 is 18.7 Å². The monoisotopic (exact) mass is 586 g/mol. The van der Waals surface area contributed by atoms with Gasteiger partial charge >= 0.3 is 0 Å². The van der Waals surface area contributed by atoms with Crippen LogP contribution in [0.25, 0.3) is 16.8 Å². The molecule has 2 aromatic carbocycles. The second-order valence-corrected chi connectivity index (χ2v) is 11.2. The molecule has 0 bridgehead atoms. The van der Waals surface area contributed by atoms with Crippen molar-refractivity contribution in [3.8, 4) is 5.75 Å². The summed E-state index contributed by atoms with van der Waals surface area (Å²) in [4.78, 5) is 37.6. The van der Waals surface area contributed by atoms with Crippen LogP contribution in [0.4, 0.5) is 5.88 Å². The molecule has 2 aromatic heterocycles. The number of hydrogen-bond donors (Lipinski definition) is 0. The number of fused-ring (bicyclic) bond motifs is 2. The first-order valence-electron chi connectivity index (χ1n) is 14.2. The Morgan fingerprint density at radius 3 is 2.62 bits per heavy atom. The number of furan rings is 1. The summed E-state index contributed by atoms with van der Waals surface area (Å²) in [6.45, 7) is 9.65. The van der Waals surface area contributed by atoms with Crippen LogP contribution >= 0.6 is 11.3 Å². The van der Waals surface area contributed by atoms with E-state index in [0.29, 0.717) is 58.4 Å². The summed E-state index contributed by atoms with van der Waals surface area (Å²) < 4.78 is 19.6. The lowest BCUT2D eigenvalue weighted by molar-refractivity contribution is -0.127. The van der Waals surface area contributed by atoms with Gasteiger partial charge in [0.05, 0.1) is 36.1 Å². The number of thiazole rings is 1. The molecule has 1 amide bonds. The fourth-order valence-corrected chi connectivity index (χ4v) is 6.81. The predicted octanol–water partition coefficient (Wildman–Crippen LogP) is 3.70. The number of carbonyl (C=O) groups is 1. The maximum absolute atomic E-state index is 14.3. The van der Waals surface area contributed by atoms with Crippen LogP contribution in [-0.4, -0.2) is 61.9 Å². The van der Waals surface area contributed by atoms with Gasteiger partial charge in [-0.3, -0.25) is 14.2 Å². The average molecular weight is 587 g/mol. The van der Waals surface area contributed by atoms with Gasteiger partial charge in [-0.25, -0.2) is 4.99 Å². The number of hydrogen-bond acceptors (Lipinski definition) is 8. The van der Waals surface area contributed by atoms with Crippen molar-refractivity contribution in [1.82, 2.24) is 9.47 Å². The number of likely N-dealkylation sites (N-methyl/N-ethyl adjacent to an activating group) is 1. The average Bonchev–Trinajstić information content (AvgIpc) is 3.61. The Morgan fingerprint density at radius 2 is 1.88 bits per heavy atom. The smallest absolute Gasteiger partial charge is 0.271 e. The summed E-state index contributed by atoms with van der Waals surface area (Å²) >= 11 is 1.29. The van der Waals surface area contributed by atoms with Gasteiger partial charge in [-0.2, -0.15) is 0 Å². The highest BCUT2D eigenvalue weighted by atomic mass is 32.1. The third-order valence-electron chi connectivity index (χ3n) is 7.94. The van der Waals surface area contributed by atoms with Gasteiger partial charge in [-0.1, -0.05) is 41.7 Å². The van der Waals surface area contributed by atoms with E-state index in [4.69, 9.17) is 18.9 Å². The fraction of sp³-hybridized carbons (Fsp3) is 0.344. The van der Waals surface area contributed by atoms with Gasteiger partial charge in [0.15, 0.2) is 10.7 Å². The number of ether oxygens (including phenoxy) is 2. The van der Waals surface area contributed by atoms with E-state index >= 15 is 0 Å². The van der Waals surface area contributed by atoms with Crippen molar-refractivity contribution in [2.24, 2.45) is 4.99 Å². The Labute approximate surface area is 247 Å². The molecule has 9 nitrogen and oxygen atoms in total. The molecule has 0 saturated carbocycles. The molecule has 1 saturated heterocycles. The molecule has 0 radical (unpaired) electrons. The standard InChI is InChI=1S/C32H34N4O5S/c1-5-34(6-2)31(38)27-20(3)33-32-36(29(27)28-23-10-8-7-9-21(23)11-13-24(28)39-4)30(37)25(42-32)19-22-12-14-26(41-22)35-15-17-40-18-16-35/h7-14,19,29H,5-6,15-18H2,1-4H3/b25-19+/t29-/m1/s1. The molecule has 218 valence electrons. The van der Waals surface area contributed by atoms with E-state index < -0.39 is 6.04 Å². The summed E-state index contributed by atoms with van der Waals surface area (Å²) in [5.41, 5.74) is 1.59. The fourth-order valence-electron chi connectivity index (χ4n) is 5.79. The van der Waals surface area contributed by atoms with Gasteiger partial charge in [0.1, 0.15) is 17.6 Å². The molecule has 4 aromatic rings. The zero-order valence-corrected chi connectivity index (χ0v) is 25.1. The van der Waals surface area contributed by atoms with Crippen LogP contribution in [0.1, 0.15) is 38.1 Å². The third kappa shape index (κ3) is 4.84. The van der Waals surface area contributed by atoms with E-state index in [1.165, 1.54) is 11.3 Å². The molecule has 0 aliphatic carbocycles. The van der Waals surface area contributed by atoms with Crippen molar-refractivity contribution in [3.05, 3.63) is 90.8 Å². The van der Waals surface area contributed by atoms with E-state index in [9.17, 15) is 9.59 Å². The molecular weight excluding hydrogens is 552 g/mol. The Kier molecular flexibility index (Phi) is 7.74. The Bertz CT molecular complexity index is 1860. The number of nitrogens with zero attached hydrogens (tertiary/aromatic N) is 4. The molecule has 2 aliphatic heterocycles. The highest BCUT2D eigenvalue weighted by Gasteiger charge is 2.36. The largest absolute Gasteiger partial charge is 0.496 e. The van der Waals surface area contributed by atoms with Crippen LogP contribution in [-0.2, 0) is 9.53 Å². The molecule has 2 aliphatic rings.